The fourth-order valence-electron chi connectivity index (χ4n) is 2.91. The highest BCUT2D eigenvalue weighted by molar-refractivity contribution is 14.1. The molecule has 0 aliphatic carbocycles. The lowest BCUT2D eigenvalue weighted by atomic mass is 9.89. The number of hydrogen-bond donors (Lipinski definition) is 0. The van der Waals surface area contributed by atoms with Crippen molar-refractivity contribution in [3.8, 4) is 0 Å². The molecular formula is C18H18INO3. The number of furan rings is 1. The highest BCUT2D eigenvalue weighted by atomic mass is 127. The van der Waals surface area contributed by atoms with E-state index in [0.29, 0.717) is 25.3 Å². The van der Waals surface area contributed by atoms with Crippen LogP contribution in [0, 0.1) is 9.49 Å². The summed E-state index contributed by atoms with van der Waals surface area (Å²) in [7, 11) is 0. The molecular weight excluding hydrogens is 405 g/mol. The van der Waals surface area contributed by atoms with Crippen LogP contribution in [0.2, 0.25) is 0 Å². The Bertz CT molecular complexity index is 671. The quantitative estimate of drug-likeness (QED) is 0.707. The number of hydrogen-bond acceptors (Lipinski definition) is 3. The summed E-state index contributed by atoms with van der Waals surface area (Å²) in [4.78, 5) is 26.4. The molecule has 1 aromatic carbocycles. The van der Waals surface area contributed by atoms with Gasteiger partial charge in [0.05, 0.1) is 6.26 Å². The van der Waals surface area contributed by atoms with Crippen LogP contribution in [-0.4, -0.2) is 29.7 Å². The van der Waals surface area contributed by atoms with Crippen LogP contribution in [0.4, 0.5) is 0 Å². The molecule has 4 nitrogen and oxygen atoms in total. The monoisotopic (exact) mass is 423 g/mol. The van der Waals surface area contributed by atoms with Crippen molar-refractivity contribution in [3.63, 3.8) is 0 Å². The number of Topliss-reactive ketones (excluding diaryl/α,β-unsaturated/α-hetero) is 1. The largest absolute Gasteiger partial charge is 0.459 e. The van der Waals surface area contributed by atoms with Crippen LogP contribution in [-0.2, 0) is 11.2 Å². The van der Waals surface area contributed by atoms with Gasteiger partial charge in [-0.3, -0.25) is 9.59 Å². The molecule has 23 heavy (non-hydrogen) atoms. The summed E-state index contributed by atoms with van der Waals surface area (Å²) >= 11 is 2.26. The van der Waals surface area contributed by atoms with Gasteiger partial charge in [0.15, 0.2) is 5.76 Å². The zero-order chi connectivity index (χ0) is 16.2. The van der Waals surface area contributed by atoms with Gasteiger partial charge >= 0.3 is 0 Å². The molecule has 2 aromatic rings. The van der Waals surface area contributed by atoms with E-state index in [1.54, 1.807) is 17.0 Å². The van der Waals surface area contributed by atoms with E-state index >= 15 is 0 Å². The molecule has 0 bridgehead atoms. The summed E-state index contributed by atoms with van der Waals surface area (Å²) < 4.78 is 6.32. The van der Waals surface area contributed by atoms with Gasteiger partial charge in [-0.1, -0.05) is 12.1 Å². The smallest absolute Gasteiger partial charge is 0.289 e. The molecule has 0 unspecified atom stereocenters. The van der Waals surface area contributed by atoms with Crippen LogP contribution in [0.3, 0.4) is 0 Å². The zero-order valence-electron chi connectivity index (χ0n) is 12.7. The summed E-state index contributed by atoms with van der Waals surface area (Å²) in [5, 5.41) is 0. The van der Waals surface area contributed by atoms with Gasteiger partial charge in [-0.25, -0.2) is 0 Å². The van der Waals surface area contributed by atoms with E-state index in [1.807, 2.05) is 24.3 Å². The highest BCUT2D eigenvalue weighted by Crippen LogP contribution is 2.22. The Kier molecular flexibility index (Phi) is 5.15. The van der Waals surface area contributed by atoms with Gasteiger partial charge in [-0.15, -0.1) is 0 Å². The number of likely N-dealkylation sites (tertiary alicyclic amines) is 1. The van der Waals surface area contributed by atoms with Gasteiger partial charge < -0.3 is 9.32 Å². The molecule has 1 saturated heterocycles. The zero-order valence-corrected chi connectivity index (χ0v) is 14.9. The Morgan fingerprint density at radius 2 is 1.83 bits per heavy atom. The first-order valence-corrected chi connectivity index (χ1v) is 8.81. The van der Waals surface area contributed by atoms with E-state index in [-0.39, 0.29) is 17.6 Å². The first kappa shape index (κ1) is 16.2. The van der Waals surface area contributed by atoms with E-state index in [2.05, 4.69) is 22.6 Å². The molecule has 1 aliphatic heterocycles. The maximum atomic E-state index is 12.4. The van der Waals surface area contributed by atoms with E-state index in [4.69, 9.17) is 4.42 Å². The highest BCUT2D eigenvalue weighted by Gasteiger charge is 2.28. The van der Waals surface area contributed by atoms with Crippen molar-refractivity contribution in [2.75, 3.05) is 13.1 Å². The first-order chi connectivity index (χ1) is 11.1. The third-order valence-electron chi connectivity index (χ3n) is 4.26. The molecule has 0 spiro atoms. The lowest BCUT2D eigenvalue weighted by Gasteiger charge is -2.30. The number of carbonyl (C=O) groups is 2. The van der Waals surface area contributed by atoms with Crippen molar-refractivity contribution in [2.45, 2.75) is 19.3 Å². The summed E-state index contributed by atoms with van der Waals surface area (Å²) in [5.74, 6) is 0.610. The third kappa shape index (κ3) is 4.02. The minimum Gasteiger partial charge on any atom is -0.459 e. The molecule has 0 atom stereocenters. The SMILES string of the molecule is O=C(Cc1ccc(I)cc1)C1CCN(C(=O)c2ccco2)CC1. The van der Waals surface area contributed by atoms with Crippen molar-refractivity contribution in [3.05, 3.63) is 57.6 Å². The van der Waals surface area contributed by atoms with Crippen molar-refractivity contribution in [2.24, 2.45) is 5.92 Å². The third-order valence-corrected chi connectivity index (χ3v) is 4.98. The topological polar surface area (TPSA) is 50.5 Å². The second-order valence-corrected chi connectivity index (χ2v) is 7.06. The fraction of sp³-hybridized carbons (Fsp3) is 0.333. The van der Waals surface area contributed by atoms with Crippen LogP contribution in [0.1, 0.15) is 29.0 Å². The lowest BCUT2D eigenvalue weighted by Crippen LogP contribution is -2.40. The van der Waals surface area contributed by atoms with Gasteiger partial charge in [-0.2, -0.15) is 0 Å². The predicted octanol–water partition coefficient (Wildman–Crippen LogP) is 3.55. The maximum Gasteiger partial charge on any atom is 0.289 e. The Balaban J connectivity index is 1.53. The molecule has 120 valence electrons. The predicted molar refractivity (Wildman–Crippen MR) is 95.2 cm³/mol. The minimum absolute atomic E-state index is 0.0509. The number of piperidine rings is 1. The van der Waals surface area contributed by atoms with Crippen LogP contribution in [0.15, 0.2) is 47.1 Å². The first-order valence-electron chi connectivity index (χ1n) is 7.73. The molecule has 3 rings (SSSR count). The molecule has 0 N–H and O–H groups in total. The molecule has 0 radical (unpaired) electrons. The fourth-order valence-corrected chi connectivity index (χ4v) is 3.27. The maximum absolute atomic E-state index is 12.4. The molecule has 1 fully saturated rings. The van der Waals surface area contributed by atoms with Gasteiger partial charge in [-0.05, 0) is 65.3 Å². The molecule has 1 aliphatic rings. The van der Waals surface area contributed by atoms with Crippen molar-refractivity contribution < 1.29 is 14.0 Å². The standard InChI is InChI=1S/C18H18INO3/c19-15-5-3-13(4-6-15)12-16(21)14-7-9-20(10-8-14)18(22)17-2-1-11-23-17/h1-6,11,14H,7-10,12H2. The number of rotatable bonds is 4. The second kappa shape index (κ2) is 7.29. The van der Waals surface area contributed by atoms with Crippen molar-refractivity contribution in [1.29, 1.82) is 0 Å². The van der Waals surface area contributed by atoms with Crippen LogP contribution >= 0.6 is 22.6 Å². The number of carbonyl (C=O) groups excluding carboxylic acids is 2. The molecule has 0 saturated carbocycles. The summed E-state index contributed by atoms with van der Waals surface area (Å²) in [5.41, 5.74) is 1.06. The van der Waals surface area contributed by atoms with E-state index in [0.717, 1.165) is 18.4 Å². The average Bonchev–Trinajstić information content (AvgIpc) is 3.11. The van der Waals surface area contributed by atoms with Crippen LogP contribution < -0.4 is 0 Å². The normalized spacial score (nSPS) is 15.6. The molecule has 2 heterocycles. The molecule has 1 aromatic heterocycles. The molecule has 5 heteroatoms. The number of amides is 1. The number of ketones is 1. The number of benzene rings is 1. The Morgan fingerprint density at radius 1 is 1.13 bits per heavy atom. The van der Waals surface area contributed by atoms with E-state index in [9.17, 15) is 9.59 Å². The van der Waals surface area contributed by atoms with Gasteiger partial charge in [0.2, 0.25) is 0 Å². The molecule has 1 amide bonds. The number of nitrogens with zero attached hydrogens (tertiary/aromatic N) is 1. The van der Waals surface area contributed by atoms with Gasteiger partial charge in [0, 0.05) is 29.0 Å². The Hall–Kier alpha value is -1.63. The van der Waals surface area contributed by atoms with E-state index in [1.165, 1.54) is 9.83 Å². The Morgan fingerprint density at radius 3 is 2.43 bits per heavy atom. The van der Waals surface area contributed by atoms with Gasteiger partial charge in [0.1, 0.15) is 5.78 Å². The Labute approximate surface area is 149 Å². The van der Waals surface area contributed by atoms with E-state index < -0.39 is 0 Å². The average molecular weight is 423 g/mol. The van der Waals surface area contributed by atoms with Crippen molar-refractivity contribution >= 4 is 34.3 Å². The summed E-state index contributed by atoms with van der Waals surface area (Å²) in [6.45, 7) is 1.23. The summed E-state index contributed by atoms with van der Waals surface area (Å²) in [6.07, 6.45) is 3.45. The summed E-state index contributed by atoms with van der Waals surface area (Å²) in [6, 6.07) is 11.5. The van der Waals surface area contributed by atoms with Gasteiger partial charge in [0.25, 0.3) is 5.91 Å². The second-order valence-electron chi connectivity index (χ2n) is 5.81. The van der Waals surface area contributed by atoms with Crippen LogP contribution in [0.5, 0.6) is 0 Å². The minimum atomic E-state index is -0.0847. The number of halogens is 1. The van der Waals surface area contributed by atoms with Crippen molar-refractivity contribution in [1.82, 2.24) is 4.90 Å². The van der Waals surface area contributed by atoms with Crippen LogP contribution in [0.25, 0.3) is 0 Å². The lowest BCUT2D eigenvalue weighted by molar-refractivity contribution is -0.123.